The molecule has 0 saturated carbocycles. The Morgan fingerprint density at radius 2 is 1.70 bits per heavy atom. The average Bonchev–Trinajstić information content (AvgIpc) is 3.07. The zero-order chi connectivity index (χ0) is 23.5. The van der Waals surface area contributed by atoms with Gasteiger partial charge in [-0.05, 0) is 69.7 Å². The SMILES string of the molecule is COc1ccccc1C(=O)Nc1ccc(Oc2cc(-n3nc(C)c(C)c3C)nc(C)n2)cc1. The summed E-state index contributed by atoms with van der Waals surface area (Å²) in [6.07, 6.45) is 0. The van der Waals surface area contributed by atoms with Crippen molar-refractivity contribution in [2.24, 2.45) is 0 Å². The van der Waals surface area contributed by atoms with E-state index in [9.17, 15) is 4.79 Å². The van der Waals surface area contributed by atoms with Gasteiger partial charge in [-0.25, -0.2) is 9.67 Å². The molecular weight excluding hydrogens is 418 g/mol. The monoisotopic (exact) mass is 443 g/mol. The van der Waals surface area contributed by atoms with Gasteiger partial charge in [0.1, 0.15) is 17.3 Å². The van der Waals surface area contributed by atoms with Crippen LogP contribution in [-0.4, -0.2) is 32.8 Å². The van der Waals surface area contributed by atoms with Gasteiger partial charge >= 0.3 is 0 Å². The molecule has 2 heterocycles. The summed E-state index contributed by atoms with van der Waals surface area (Å²) in [7, 11) is 1.54. The minimum absolute atomic E-state index is 0.252. The van der Waals surface area contributed by atoms with Crippen LogP contribution in [0.4, 0.5) is 5.69 Å². The molecule has 0 fully saturated rings. The standard InChI is InChI=1S/C25H25N5O3/c1-15-16(2)29-30(17(15)3)23-14-24(27-18(4)26-23)33-20-12-10-19(11-13-20)28-25(31)21-8-6-7-9-22(21)32-5/h6-14H,1-5H3,(H,28,31). The minimum Gasteiger partial charge on any atom is -0.496 e. The molecule has 4 aromatic rings. The lowest BCUT2D eigenvalue weighted by atomic mass is 10.2. The number of aryl methyl sites for hydroxylation is 2. The van der Waals surface area contributed by atoms with Crippen molar-refractivity contribution < 1.29 is 14.3 Å². The summed E-state index contributed by atoms with van der Waals surface area (Å²) in [6, 6.07) is 15.9. The van der Waals surface area contributed by atoms with E-state index in [1.54, 1.807) is 53.2 Å². The van der Waals surface area contributed by atoms with Crippen LogP contribution in [0.2, 0.25) is 0 Å². The van der Waals surface area contributed by atoms with E-state index < -0.39 is 0 Å². The number of carbonyl (C=O) groups excluding carboxylic acids is 1. The number of aromatic nitrogens is 4. The van der Waals surface area contributed by atoms with Crippen molar-refractivity contribution in [1.29, 1.82) is 0 Å². The van der Waals surface area contributed by atoms with Crippen LogP contribution in [0.3, 0.4) is 0 Å². The molecule has 33 heavy (non-hydrogen) atoms. The first-order valence-electron chi connectivity index (χ1n) is 10.5. The molecule has 8 heteroatoms. The number of rotatable bonds is 6. The molecule has 168 valence electrons. The Hall–Kier alpha value is -4.20. The van der Waals surface area contributed by atoms with Gasteiger partial charge in [-0.3, -0.25) is 4.79 Å². The van der Waals surface area contributed by atoms with Crippen LogP contribution in [-0.2, 0) is 0 Å². The molecule has 8 nitrogen and oxygen atoms in total. The lowest BCUT2D eigenvalue weighted by Crippen LogP contribution is -2.13. The Balaban J connectivity index is 1.51. The molecular formula is C25H25N5O3. The molecule has 0 spiro atoms. The normalized spacial score (nSPS) is 10.7. The third kappa shape index (κ3) is 4.69. The summed E-state index contributed by atoms with van der Waals surface area (Å²) in [4.78, 5) is 21.5. The zero-order valence-corrected chi connectivity index (χ0v) is 19.2. The second kappa shape index (κ2) is 9.12. The molecule has 0 aliphatic rings. The Morgan fingerprint density at radius 3 is 2.36 bits per heavy atom. The molecule has 0 aliphatic heterocycles. The fraction of sp³-hybridized carbons (Fsp3) is 0.200. The highest BCUT2D eigenvalue weighted by atomic mass is 16.5. The van der Waals surface area contributed by atoms with Gasteiger partial charge in [0.25, 0.3) is 5.91 Å². The summed E-state index contributed by atoms with van der Waals surface area (Å²) in [5.41, 5.74) is 4.20. The van der Waals surface area contributed by atoms with Gasteiger partial charge in [-0.15, -0.1) is 0 Å². The Kier molecular flexibility index (Phi) is 6.08. The van der Waals surface area contributed by atoms with Gasteiger partial charge in [0.05, 0.1) is 18.4 Å². The fourth-order valence-electron chi connectivity index (χ4n) is 3.39. The van der Waals surface area contributed by atoms with Crippen molar-refractivity contribution in [2.75, 3.05) is 12.4 Å². The lowest BCUT2D eigenvalue weighted by Gasteiger charge is -2.11. The van der Waals surface area contributed by atoms with Gasteiger partial charge in [-0.2, -0.15) is 10.1 Å². The summed E-state index contributed by atoms with van der Waals surface area (Å²) >= 11 is 0. The maximum Gasteiger partial charge on any atom is 0.259 e. The number of methoxy groups -OCH3 is 1. The molecule has 2 aromatic heterocycles. The second-order valence-corrected chi connectivity index (χ2v) is 7.60. The van der Waals surface area contributed by atoms with Crippen LogP contribution in [0.1, 0.15) is 33.1 Å². The summed E-state index contributed by atoms with van der Waals surface area (Å²) in [6.45, 7) is 7.82. The number of amides is 1. The zero-order valence-electron chi connectivity index (χ0n) is 19.2. The largest absolute Gasteiger partial charge is 0.496 e. The van der Waals surface area contributed by atoms with Crippen molar-refractivity contribution in [3.05, 3.63) is 82.9 Å². The number of anilines is 1. The van der Waals surface area contributed by atoms with E-state index in [-0.39, 0.29) is 5.91 Å². The predicted molar refractivity (Wildman–Crippen MR) is 126 cm³/mol. The number of carbonyl (C=O) groups is 1. The van der Waals surface area contributed by atoms with E-state index in [4.69, 9.17) is 9.47 Å². The van der Waals surface area contributed by atoms with Crippen LogP contribution in [0.15, 0.2) is 54.6 Å². The highest BCUT2D eigenvalue weighted by molar-refractivity contribution is 6.06. The van der Waals surface area contributed by atoms with Crippen LogP contribution in [0.25, 0.3) is 5.82 Å². The lowest BCUT2D eigenvalue weighted by molar-refractivity contribution is 0.102. The Bertz CT molecular complexity index is 1310. The third-order valence-electron chi connectivity index (χ3n) is 5.36. The third-order valence-corrected chi connectivity index (χ3v) is 5.36. The van der Waals surface area contributed by atoms with Crippen molar-refractivity contribution in [3.8, 4) is 23.2 Å². The number of nitrogens with one attached hydrogen (secondary N) is 1. The number of nitrogens with zero attached hydrogens (tertiary/aromatic N) is 4. The summed E-state index contributed by atoms with van der Waals surface area (Å²) in [5.74, 6) is 2.48. The maximum atomic E-state index is 12.6. The van der Waals surface area contributed by atoms with Gasteiger partial charge in [0, 0.05) is 17.4 Å². The van der Waals surface area contributed by atoms with Crippen LogP contribution in [0, 0.1) is 27.7 Å². The van der Waals surface area contributed by atoms with Crippen LogP contribution in [0.5, 0.6) is 17.4 Å². The molecule has 4 rings (SSSR count). The molecule has 0 bridgehead atoms. The summed E-state index contributed by atoms with van der Waals surface area (Å²) < 4.78 is 13.0. The van der Waals surface area contributed by atoms with E-state index in [0.29, 0.717) is 40.3 Å². The van der Waals surface area contributed by atoms with E-state index in [0.717, 1.165) is 17.0 Å². The van der Waals surface area contributed by atoms with E-state index in [1.807, 2.05) is 33.8 Å². The smallest absolute Gasteiger partial charge is 0.259 e. The van der Waals surface area contributed by atoms with Crippen LogP contribution < -0.4 is 14.8 Å². The molecule has 1 amide bonds. The Morgan fingerprint density at radius 1 is 0.970 bits per heavy atom. The van der Waals surface area contributed by atoms with Gasteiger partial charge < -0.3 is 14.8 Å². The van der Waals surface area contributed by atoms with Crippen LogP contribution >= 0.6 is 0 Å². The molecule has 0 atom stereocenters. The second-order valence-electron chi connectivity index (χ2n) is 7.60. The number of hydrogen-bond donors (Lipinski definition) is 1. The maximum absolute atomic E-state index is 12.6. The van der Waals surface area contributed by atoms with Gasteiger partial charge in [-0.1, -0.05) is 12.1 Å². The molecule has 0 saturated heterocycles. The van der Waals surface area contributed by atoms with E-state index >= 15 is 0 Å². The first-order valence-corrected chi connectivity index (χ1v) is 10.5. The number of para-hydroxylation sites is 1. The quantitative estimate of drug-likeness (QED) is 0.453. The molecule has 0 radical (unpaired) electrons. The van der Waals surface area contributed by atoms with Crippen molar-refractivity contribution in [2.45, 2.75) is 27.7 Å². The van der Waals surface area contributed by atoms with Gasteiger partial charge in [0.15, 0.2) is 5.82 Å². The fourth-order valence-corrected chi connectivity index (χ4v) is 3.39. The van der Waals surface area contributed by atoms with Gasteiger partial charge in [0.2, 0.25) is 5.88 Å². The summed E-state index contributed by atoms with van der Waals surface area (Å²) in [5, 5.41) is 7.43. The molecule has 1 N–H and O–H groups in total. The first-order chi connectivity index (χ1) is 15.9. The molecule has 0 unspecified atom stereocenters. The number of hydrogen-bond acceptors (Lipinski definition) is 6. The van der Waals surface area contributed by atoms with E-state index in [1.165, 1.54) is 7.11 Å². The highest BCUT2D eigenvalue weighted by Gasteiger charge is 2.14. The van der Waals surface area contributed by atoms with Crippen molar-refractivity contribution in [3.63, 3.8) is 0 Å². The van der Waals surface area contributed by atoms with Crippen molar-refractivity contribution in [1.82, 2.24) is 19.7 Å². The first kappa shape index (κ1) is 22.0. The topological polar surface area (TPSA) is 91.2 Å². The van der Waals surface area contributed by atoms with E-state index in [2.05, 4.69) is 20.4 Å². The molecule has 0 aliphatic carbocycles. The van der Waals surface area contributed by atoms with Crippen molar-refractivity contribution >= 4 is 11.6 Å². The number of ether oxygens (including phenoxy) is 2. The average molecular weight is 444 g/mol. The molecule has 2 aromatic carbocycles. The number of benzene rings is 2. The predicted octanol–water partition coefficient (Wildman–Crippen LogP) is 4.95. The highest BCUT2D eigenvalue weighted by Crippen LogP contribution is 2.25. The minimum atomic E-state index is -0.252. The Labute approximate surface area is 192 Å².